The van der Waals surface area contributed by atoms with Gasteiger partial charge in [0.15, 0.2) is 0 Å². The zero-order valence-corrected chi connectivity index (χ0v) is 11.8. The minimum absolute atomic E-state index is 0.00486. The third-order valence-electron chi connectivity index (χ3n) is 3.05. The second-order valence-electron chi connectivity index (χ2n) is 4.96. The van der Waals surface area contributed by atoms with Gasteiger partial charge in [-0.2, -0.15) is 0 Å². The second kappa shape index (κ2) is 6.36. The molecule has 1 aromatic rings. The molecule has 0 saturated heterocycles. The topological polar surface area (TPSA) is 83.6 Å². The minimum Gasteiger partial charge on any atom is -0.481 e. The molecule has 0 aliphatic heterocycles. The normalized spacial score (nSPS) is 12.2. The van der Waals surface area contributed by atoms with E-state index in [4.69, 9.17) is 9.63 Å². The summed E-state index contributed by atoms with van der Waals surface area (Å²) in [6.45, 7) is 5.83. The van der Waals surface area contributed by atoms with Crippen molar-refractivity contribution < 1.29 is 19.2 Å². The highest BCUT2D eigenvalue weighted by atomic mass is 16.5. The van der Waals surface area contributed by atoms with Crippen molar-refractivity contribution >= 4 is 11.9 Å². The number of carbonyl (C=O) groups excluding carboxylic acids is 1. The first kappa shape index (κ1) is 15.2. The van der Waals surface area contributed by atoms with E-state index >= 15 is 0 Å². The van der Waals surface area contributed by atoms with E-state index in [1.807, 2.05) is 6.92 Å². The van der Waals surface area contributed by atoms with Gasteiger partial charge in [-0.3, -0.25) is 9.59 Å². The van der Waals surface area contributed by atoms with E-state index < -0.39 is 5.97 Å². The number of aliphatic carboxylic acids is 1. The molecule has 6 nitrogen and oxygen atoms in total. The molecule has 0 aliphatic rings. The van der Waals surface area contributed by atoms with E-state index in [0.29, 0.717) is 12.3 Å². The fraction of sp³-hybridized carbons (Fsp3) is 0.615. The van der Waals surface area contributed by atoms with E-state index in [-0.39, 0.29) is 24.7 Å². The average Bonchev–Trinajstić information content (AvgIpc) is 2.59. The summed E-state index contributed by atoms with van der Waals surface area (Å²) in [6, 6.07) is 0. The summed E-state index contributed by atoms with van der Waals surface area (Å²) >= 11 is 0. The highest BCUT2D eigenvalue weighted by molar-refractivity contribution is 5.77. The zero-order valence-electron chi connectivity index (χ0n) is 11.8. The van der Waals surface area contributed by atoms with Crippen LogP contribution in [-0.4, -0.2) is 34.1 Å². The number of hydrogen-bond acceptors (Lipinski definition) is 4. The lowest BCUT2D eigenvalue weighted by atomic mass is 10.0. The number of aromatic nitrogens is 1. The number of carboxylic acids is 1. The molecule has 1 heterocycles. The smallest absolute Gasteiger partial charge is 0.303 e. The third kappa shape index (κ3) is 4.39. The Morgan fingerprint density at radius 1 is 1.37 bits per heavy atom. The maximum Gasteiger partial charge on any atom is 0.303 e. The molecule has 0 aliphatic carbocycles. The SMILES string of the molecule is Cc1noc(C)c1CN(C)C(=O)CC(C)CC(=O)O. The molecule has 1 unspecified atom stereocenters. The monoisotopic (exact) mass is 268 g/mol. The molecule has 1 rings (SSSR count). The van der Waals surface area contributed by atoms with Crippen LogP contribution < -0.4 is 0 Å². The molecule has 0 bridgehead atoms. The summed E-state index contributed by atoms with van der Waals surface area (Å²) in [5, 5.41) is 12.5. The van der Waals surface area contributed by atoms with Gasteiger partial charge in [0.1, 0.15) is 5.76 Å². The first-order valence-corrected chi connectivity index (χ1v) is 6.18. The molecule has 19 heavy (non-hydrogen) atoms. The van der Waals surface area contributed by atoms with Gasteiger partial charge in [-0.1, -0.05) is 12.1 Å². The third-order valence-corrected chi connectivity index (χ3v) is 3.05. The van der Waals surface area contributed by atoms with E-state index in [1.165, 1.54) is 0 Å². The van der Waals surface area contributed by atoms with Crippen LogP contribution in [0.5, 0.6) is 0 Å². The van der Waals surface area contributed by atoms with Gasteiger partial charge in [0.25, 0.3) is 0 Å². The Balaban J connectivity index is 2.56. The number of amides is 1. The first-order valence-electron chi connectivity index (χ1n) is 6.18. The molecule has 0 fully saturated rings. The van der Waals surface area contributed by atoms with Crippen molar-refractivity contribution in [2.24, 2.45) is 5.92 Å². The average molecular weight is 268 g/mol. The molecule has 0 saturated carbocycles. The van der Waals surface area contributed by atoms with Crippen LogP contribution in [0.2, 0.25) is 0 Å². The van der Waals surface area contributed by atoms with Gasteiger partial charge in [-0.25, -0.2) is 0 Å². The van der Waals surface area contributed by atoms with Crippen molar-refractivity contribution in [3.8, 4) is 0 Å². The largest absolute Gasteiger partial charge is 0.481 e. The lowest BCUT2D eigenvalue weighted by Crippen LogP contribution is -2.28. The van der Waals surface area contributed by atoms with Crippen molar-refractivity contribution in [3.05, 3.63) is 17.0 Å². The van der Waals surface area contributed by atoms with Gasteiger partial charge in [0.05, 0.1) is 12.2 Å². The van der Waals surface area contributed by atoms with Crippen LogP contribution in [0, 0.1) is 19.8 Å². The van der Waals surface area contributed by atoms with Crippen LogP contribution in [0.15, 0.2) is 4.52 Å². The first-order chi connectivity index (χ1) is 8.81. The minimum atomic E-state index is -0.881. The molecule has 0 radical (unpaired) electrons. The molecule has 1 N–H and O–H groups in total. The molecule has 0 aromatic carbocycles. The molecular weight excluding hydrogens is 248 g/mol. The van der Waals surface area contributed by atoms with Gasteiger partial charge < -0.3 is 14.5 Å². The standard InChI is InChI=1S/C13H20N2O4/c1-8(6-13(17)18)5-12(16)15(4)7-11-9(2)14-19-10(11)3/h8H,5-7H2,1-4H3,(H,17,18). The molecule has 1 aromatic heterocycles. The highest BCUT2D eigenvalue weighted by Crippen LogP contribution is 2.16. The summed E-state index contributed by atoms with van der Waals surface area (Å²) in [5.41, 5.74) is 1.68. The van der Waals surface area contributed by atoms with Crippen molar-refractivity contribution in [3.63, 3.8) is 0 Å². The van der Waals surface area contributed by atoms with E-state index in [2.05, 4.69) is 5.16 Å². The second-order valence-corrected chi connectivity index (χ2v) is 4.96. The van der Waals surface area contributed by atoms with Gasteiger partial charge >= 0.3 is 5.97 Å². The molecule has 106 valence electrons. The Hall–Kier alpha value is -1.85. The maximum atomic E-state index is 12.0. The lowest BCUT2D eigenvalue weighted by molar-refractivity contribution is -0.138. The number of carbonyl (C=O) groups is 2. The van der Waals surface area contributed by atoms with Gasteiger partial charge in [-0.05, 0) is 19.8 Å². The summed E-state index contributed by atoms with van der Waals surface area (Å²) in [7, 11) is 1.70. The molecule has 1 atom stereocenters. The quantitative estimate of drug-likeness (QED) is 0.849. The predicted octanol–water partition coefficient (Wildman–Crippen LogP) is 1.75. The Morgan fingerprint density at radius 2 is 2.00 bits per heavy atom. The van der Waals surface area contributed by atoms with Crippen molar-refractivity contribution in [2.75, 3.05) is 7.05 Å². The van der Waals surface area contributed by atoms with Crippen LogP contribution in [0.1, 0.15) is 36.8 Å². The highest BCUT2D eigenvalue weighted by Gasteiger charge is 2.18. The Kier molecular flexibility index (Phi) is 5.09. The van der Waals surface area contributed by atoms with E-state index in [1.54, 1.807) is 25.8 Å². The van der Waals surface area contributed by atoms with Gasteiger partial charge in [0, 0.05) is 25.5 Å². The van der Waals surface area contributed by atoms with Crippen molar-refractivity contribution in [1.29, 1.82) is 0 Å². The van der Waals surface area contributed by atoms with Crippen LogP contribution in [-0.2, 0) is 16.1 Å². The van der Waals surface area contributed by atoms with Crippen molar-refractivity contribution in [1.82, 2.24) is 10.1 Å². The molecule has 0 spiro atoms. The number of rotatable bonds is 6. The summed E-state index contributed by atoms with van der Waals surface area (Å²) in [5.74, 6) is -0.421. The van der Waals surface area contributed by atoms with Gasteiger partial charge in [-0.15, -0.1) is 0 Å². The van der Waals surface area contributed by atoms with Crippen LogP contribution >= 0.6 is 0 Å². The maximum absolute atomic E-state index is 12.0. The van der Waals surface area contributed by atoms with Crippen LogP contribution in [0.4, 0.5) is 0 Å². The summed E-state index contributed by atoms with van der Waals surface area (Å²) < 4.78 is 5.04. The number of nitrogens with zero attached hydrogens (tertiary/aromatic N) is 2. The summed E-state index contributed by atoms with van der Waals surface area (Å²) in [4.78, 5) is 24.1. The van der Waals surface area contributed by atoms with Crippen LogP contribution in [0.25, 0.3) is 0 Å². The number of hydrogen-bond donors (Lipinski definition) is 1. The Labute approximate surface area is 112 Å². The van der Waals surface area contributed by atoms with E-state index in [9.17, 15) is 9.59 Å². The fourth-order valence-electron chi connectivity index (χ4n) is 1.88. The van der Waals surface area contributed by atoms with Crippen LogP contribution in [0.3, 0.4) is 0 Å². The Morgan fingerprint density at radius 3 is 2.47 bits per heavy atom. The predicted molar refractivity (Wildman–Crippen MR) is 68.5 cm³/mol. The van der Waals surface area contributed by atoms with Gasteiger partial charge in [0.2, 0.25) is 5.91 Å². The fourth-order valence-corrected chi connectivity index (χ4v) is 1.88. The number of aryl methyl sites for hydroxylation is 2. The lowest BCUT2D eigenvalue weighted by Gasteiger charge is -2.18. The van der Waals surface area contributed by atoms with E-state index in [0.717, 1.165) is 11.3 Å². The number of carboxylic acid groups (broad SMARTS) is 1. The Bertz CT molecular complexity index is 448. The zero-order chi connectivity index (χ0) is 14.6. The molecular formula is C13H20N2O4. The van der Waals surface area contributed by atoms with Crippen molar-refractivity contribution in [2.45, 2.75) is 40.2 Å². The molecule has 6 heteroatoms. The summed E-state index contributed by atoms with van der Waals surface area (Å²) in [6.07, 6.45) is 0.233. The molecule has 1 amide bonds.